The van der Waals surface area contributed by atoms with E-state index >= 15 is 0 Å². The number of benzene rings is 1. The van der Waals surface area contributed by atoms with Gasteiger partial charge < -0.3 is 10.2 Å². The number of hydrogen-bond acceptors (Lipinski definition) is 3. The van der Waals surface area contributed by atoms with Crippen LogP contribution in [-0.2, 0) is 11.3 Å². The van der Waals surface area contributed by atoms with Gasteiger partial charge in [0.15, 0.2) is 0 Å². The molecule has 0 bridgehead atoms. The van der Waals surface area contributed by atoms with E-state index in [2.05, 4.69) is 10.3 Å². The molecule has 0 aliphatic rings. The molecule has 1 heterocycles. The fraction of sp³-hybridized carbons (Fsp3) is 0.167. The van der Waals surface area contributed by atoms with Crippen LogP contribution in [-0.4, -0.2) is 35.8 Å². The number of carbonyl (C=O) groups is 2. The lowest BCUT2D eigenvalue weighted by atomic mass is 10.1. The zero-order chi connectivity index (χ0) is 16.7. The molecule has 1 aromatic carbocycles. The Morgan fingerprint density at radius 1 is 1.17 bits per heavy atom. The van der Waals surface area contributed by atoms with Crippen molar-refractivity contribution in [3.05, 3.63) is 71.6 Å². The van der Waals surface area contributed by atoms with Gasteiger partial charge in [0.05, 0.1) is 0 Å². The molecule has 0 saturated carbocycles. The summed E-state index contributed by atoms with van der Waals surface area (Å²) >= 11 is 0. The quantitative estimate of drug-likeness (QED) is 0.861. The van der Waals surface area contributed by atoms with Crippen molar-refractivity contribution in [1.29, 1.82) is 0 Å². The van der Waals surface area contributed by atoms with Gasteiger partial charge in [0.1, 0.15) is 0 Å². The number of carbonyl (C=O) groups excluding carboxylic acids is 2. The summed E-state index contributed by atoms with van der Waals surface area (Å²) in [5, 5.41) is 2.80. The van der Waals surface area contributed by atoms with Gasteiger partial charge in [-0.3, -0.25) is 14.6 Å². The fourth-order valence-corrected chi connectivity index (χ4v) is 1.92. The number of hydrogen-bond donors (Lipinski definition) is 1. The van der Waals surface area contributed by atoms with Crippen molar-refractivity contribution in [1.82, 2.24) is 15.2 Å². The monoisotopic (exact) mass is 309 g/mol. The van der Waals surface area contributed by atoms with Crippen LogP contribution >= 0.6 is 0 Å². The highest BCUT2D eigenvalue weighted by molar-refractivity contribution is 5.94. The minimum absolute atomic E-state index is 0.0417. The lowest BCUT2D eigenvalue weighted by molar-refractivity contribution is -0.116. The van der Waals surface area contributed by atoms with Gasteiger partial charge in [-0.25, -0.2) is 0 Å². The second kappa shape index (κ2) is 7.89. The maximum Gasteiger partial charge on any atom is 0.253 e. The van der Waals surface area contributed by atoms with E-state index in [1.54, 1.807) is 44.7 Å². The van der Waals surface area contributed by atoms with Crippen LogP contribution < -0.4 is 5.32 Å². The number of aromatic nitrogens is 1. The predicted octanol–water partition coefficient (Wildman–Crippen LogP) is 2.11. The van der Waals surface area contributed by atoms with E-state index in [4.69, 9.17) is 0 Å². The number of pyridine rings is 1. The van der Waals surface area contributed by atoms with Crippen LogP contribution in [0.15, 0.2) is 54.9 Å². The summed E-state index contributed by atoms with van der Waals surface area (Å²) in [6.45, 7) is 0.409. The van der Waals surface area contributed by atoms with Crippen molar-refractivity contribution in [2.45, 2.75) is 6.54 Å². The molecule has 0 unspecified atom stereocenters. The third-order valence-electron chi connectivity index (χ3n) is 3.19. The summed E-state index contributed by atoms with van der Waals surface area (Å²) in [4.78, 5) is 29.1. The van der Waals surface area contributed by atoms with Crippen molar-refractivity contribution in [3.8, 4) is 0 Å². The van der Waals surface area contributed by atoms with E-state index in [9.17, 15) is 9.59 Å². The summed E-state index contributed by atoms with van der Waals surface area (Å²) in [6, 6.07) is 10.9. The van der Waals surface area contributed by atoms with Crippen molar-refractivity contribution in [2.24, 2.45) is 0 Å². The number of amides is 2. The minimum Gasteiger partial charge on any atom is -0.348 e. The van der Waals surface area contributed by atoms with Crippen LogP contribution in [0, 0.1) is 0 Å². The van der Waals surface area contributed by atoms with E-state index in [1.807, 2.05) is 24.3 Å². The largest absolute Gasteiger partial charge is 0.348 e. The smallest absolute Gasteiger partial charge is 0.253 e. The van der Waals surface area contributed by atoms with Gasteiger partial charge in [-0.2, -0.15) is 0 Å². The first-order valence-electron chi connectivity index (χ1n) is 7.23. The third kappa shape index (κ3) is 5.07. The van der Waals surface area contributed by atoms with Crippen molar-refractivity contribution < 1.29 is 9.59 Å². The van der Waals surface area contributed by atoms with E-state index in [0.717, 1.165) is 11.1 Å². The zero-order valence-corrected chi connectivity index (χ0v) is 13.2. The molecule has 1 aromatic heterocycles. The highest BCUT2D eigenvalue weighted by atomic mass is 16.2. The average molecular weight is 309 g/mol. The highest BCUT2D eigenvalue weighted by Gasteiger charge is 2.07. The molecular weight excluding hydrogens is 290 g/mol. The van der Waals surface area contributed by atoms with Crippen LogP contribution in [0.3, 0.4) is 0 Å². The van der Waals surface area contributed by atoms with E-state index < -0.39 is 0 Å². The second-order valence-corrected chi connectivity index (χ2v) is 5.23. The van der Waals surface area contributed by atoms with E-state index in [1.165, 1.54) is 11.0 Å². The highest BCUT2D eigenvalue weighted by Crippen LogP contribution is 2.06. The Hall–Kier alpha value is -2.95. The van der Waals surface area contributed by atoms with Gasteiger partial charge in [0.25, 0.3) is 5.91 Å². The predicted molar refractivity (Wildman–Crippen MR) is 89.6 cm³/mol. The molecule has 0 spiro atoms. The first-order valence-corrected chi connectivity index (χ1v) is 7.23. The van der Waals surface area contributed by atoms with Gasteiger partial charge in [-0.15, -0.1) is 0 Å². The molecule has 0 aliphatic heterocycles. The van der Waals surface area contributed by atoms with Gasteiger partial charge in [-0.05, 0) is 35.4 Å². The summed E-state index contributed by atoms with van der Waals surface area (Å²) in [6.07, 6.45) is 6.55. The van der Waals surface area contributed by atoms with Crippen LogP contribution in [0.5, 0.6) is 0 Å². The van der Waals surface area contributed by atoms with Crippen molar-refractivity contribution in [3.63, 3.8) is 0 Å². The Morgan fingerprint density at radius 2 is 1.91 bits per heavy atom. The van der Waals surface area contributed by atoms with Crippen LogP contribution in [0.4, 0.5) is 0 Å². The molecule has 2 aromatic rings. The Balaban J connectivity index is 1.87. The van der Waals surface area contributed by atoms with Crippen LogP contribution in [0.1, 0.15) is 21.5 Å². The summed E-state index contributed by atoms with van der Waals surface area (Å²) in [5.74, 6) is -0.220. The standard InChI is InChI=1S/C18H19N3O2/c1-21(2)18(23)16-8-5-15(6-9-16)13-20-17(22)10-7-14-4-3-11-19-12-14/h3-12H,13H2,1-2H3,(H,20,22)/b10-7+. The summed E-state index contributed by atoms with van der Waals surface area (Å²) < 4.78 is 0. The lowest BCUT2D eigenvalue weighted by Crippen LogP contribution is -2.22. The first-order chi connectivity index (χ1) is 11.1. The Morgan fingerprint density at radius 3 is 2.52 bits per heavy atom. The molecule has 2 amide bonds. The van der Waals surface area contributed by atoms with Crippen molar-refractivity contribution >= 4 is 17.9 Å². The first kappa shape index (κ1) is 16.4. The maximum absolute atomic E-state index is 11.8. The molecule has 0 atom stereocenters. The van der Waals surface area contributed by atoms with Crippen LogP contribution in [0.25, 0.3) is 6.08 Å². The molecule has 5 heteroatoms. The number of rotatable bonds is 5. The molecule has 0 aliphatic carbocycles. The normalized spacial score (nSPS) is 10.5. The molecule has 0 saturated heterocycles. The van der Waals surface area contributed by atoms with Gasteiger partial charge in [0.2, 0.25) is 5.91 Å². The van der Waals surface area contributed by atoms with Gasteiger partial charge >= 0.3 is 0 Å². The number of nitrogens with one attached hydrogen (secondary N) is 1. The second-order valence-electron chi connectivity index (χ2n) is 5.23. The third-order valence-corrected chi connectivity index (χ3v) is 3.19. The number of nitrogens with zero attached hydrogens (tertiary/aromatic N) is 2. The Bertz CT molecular complexity index is 692. The average Bonchev–Trinajstić information content (AvgIpc) is 2.58. The maximum atomic E-state index is 11.8. The lowest BCUT2D eigenvalue weighted by Gasteiger charge is -2.10. The molecule has 23 heavy (non-hydrogen) atoms. The van der Waals surface area contributed by atoms with Crippen molar-refractivity contribution in [2.75, 3.05) is 14.1 Å². The Labute approximate surface area is 135 Å². The molecular formula is C18H19N3O2. The zero-order valence-electron chi connectivity index (χ0n) is 13.2. The SMILES string of the molecule is CN(C)C(=O)c1ccc(CNC(=O)/C=C/c2cccnc2)cc1. The van der Waals surface area contributed by atoms with Gasteiger partial charge in [0, 0.05) is 44.7 Å². The molecule has 1 N–H and O–H groups in total. The minimum atomic E-state index is -0.178. The topological polar surface area (TPSA) is 62.3 Å². The molecule has 0 radical (unpaired) electrons. The van der Waals surface area contributed by atoms with E-state index in [-0.39, 0.29) is 11.8 Å². The molecule has 5 nitrogen and oxygen atoms in total. The fourth-order valence-electron chi connectivity index (χ4n) is 1.92. The summed E-state index contributed by atoms with van der Waals surface area (Å²) in [7, 11) is 3.43. The molecule has 118 valence electrons. The molecule has 0 fully saturated rings. The van der Waals surface area contributed by atoms with Gasteiger partial charge in [-0.1, -0.05) is 18.2 Å². The molecule has 2 rings (SSSR count). The van der Waals surface area contributed by atoms with E-state index in [0.29, 0.717) is 12.1 Å². The Kier molecular flexibility index (Phi) is 5.63. The summed E-state index contributed by atoms with van der Waals surface area (Å²) in [5.41, 5.74) is 2.43. The van der Waals surface area contributed by atoms with Crippen LogP contribution in [0.2, 0.25) is 0 Å².